The monoisotopic (exact) mass is 554 g/mol. The molecular weight excluding hydrogens is 520 g/mol. The van der Waals surface area contributed by atoms with Gasteiger partial charge < -0.3 is 25.4 Å². The summed E-state index contributed by atoms with van der Waals surface area (Å²) < 4.78 is 1.89. The van der Waals surface area contributed by atoms with Crippen molar-refractivity contribution >= 4 is 34.8 Å². The number of carbonyl (C=O) groups excluding carboxylic acids is 3. The van der Waals surface area contributed by atoms with Gasteiger partial charge in [0.25, 0.3) is 5.56 Å². The van der Waals surface area contributed by atoms with Crippen molar-refractivity contribution in [3.63, 3.8) is 0 Å². The van der Waals surface area contributed by atoms with Crippen molar-refractivity contribution in [3.8, 4) is 0 Å². The number of anilines is 3. The Balaban J connectivity index is 1.22. The highest BCUT2D eigenvalue weighted by Crippen LogP contribution is 2.48. The van der Waals surface area contributed by atoms with E-state index in [-0.39, 0.29) is 47.6 Å². The second-order valence-corrected chi connectivity index (χ2v) is 11.3. The van der Waals surface area contributed by atoms with Gasteiger partial charge in [-0.15, -0.1) is 0 Å². The highest BCUT2D eigenvalue weighted by atomic mass is 16.2. The Morgan fingerprint density at radius 3 is 2.71 bits per heavy atom. The van der Waals surface area contributed by atoms with Crippen molar-refractivity contribution < 1.29 is 14.4 Å². The van der Waals surface area contributed by atoms with Gasteiger partial charge in [0.1, 0.15) is 0 Å². The zero-order chi connectivity index (χ0) is 28.5. The molecule has 0 radical (unpaired) electrons. The Kier molecular flexibility index (Phi) is 7.30. The lowest BCUT2D eigenvalue weighted by molar-refractivity contribution is -0.126. The third kappa shape index (κ3) is 5.46. The second kappa shape index (κ2) is 11.2. The molecule has 41 heavy (non-hydrogen) atoms. The summed E-state index contributed by atoms with van der Waals surface area (Å²) in [4.78, 5) is 57.0. The Bertz CT molecular complexity index is 1540. The molecule has 1 fully saturated rings. The summed E-state index contributed by atoms with van der Waals surface area (Å²) in [5.41, 5.74) is 4.46. The van der Waals surface area contributed by atoms with Crippen LogP contribution in [0.25, 0.3) is 0 Å². The molecule has 10 heteroatoms. The quantitative estimate of drug-likeness (QED) is 0.386. The van der Waals surface area contributed by atoms with Crippen LogP contribution < -0.4 is 26.4 Å². The lowest BCUT2D eigenvalue weighted by Crippen LogP contribution is -2.60. The van der Waals surface area contributed by atoms with Crippen LogP contribution in [-0.4, -0.2) is 46.4 Å². The molecule has 6 rings (SSSR count). The molecule has 3 aliphatic rings. The number of pyridine rings is 2. The van der Waals surface area contributed by atoms with E-state index in [2.05, 4.69) is 25.8 Å². The number of amides is 3. The van der Waals surface area contributed by atoms with E-state index in [0.29, 0.717) is 43.2 Å². The lowest BCUT2D eigenvalue weighted by Gasteiger charge is -2.54. The fraction of sp³-hybridized carbons (Fsp3) is 0.387. The van der Waals surface area contributed by atoms with Gasteiger partial charge in [-0.1, -0.05) is 6.07 Å². The second-order valence-electron chi connectivity index (χ2n) is 11.3. The van der Waals surface area contributed by atoms with E-state index in [0.717, 1.165) is 29.9 Å². The van der Waals surface area contributed by atoms with Crippen LogP contribution in [0.4, 0.5) is 17.1 Å². The van der Waals surface area contributed by atoms with Gasteiger partial charge >= 0.3 is 0 Å². The van der Waals surface area contributed by atoms with Crippen molar-refractivity contribution in [3.05, 3.63) is 82.5 Å². The molecule has 3 aromatic rings. The maximum absolute atomic E-state index is 13.8. The standard InChI is InChI=1S/C31H34N6O4/c1-19(38)34-22-9-10-26-21(14-22)15-25(31(41)33-12-4-7-28(39)35-23-5-3-11-32-16-23)30-24-13-20(18-37(26)30)17-36-27(24)6-2-8-29(36)40/h2-3,5-6,8-11,14,16,20,24-25,30H,4,7,12-13,15,17-18H2,1H3,(H,33,41)(H,34,38)(H,35,39). The molecule has 3 amide bonds. The molecule has 0 spiro atoms. The van der Waals surface area contributed by atoms with Crippen LogP contribution in [0.2, 0.25) is 0 Å². The molecule has 4 atom stereocenters. The number of hydrogen-bond acceptors (Lipinski definition) is 6. The Morgan fingerprint density at radius 2 is 1.90 bits per heavy atom. The van der Waals surface area contributed by atoms with Crippen LogP contribution in [-0.2, 0) is 27.3 Å². The summed E-state index contributed by atoms with van der Waals surface area (Å²) in [6.07, 6.45) is 5.48. The first-order chi connectivity index (χ1) is 19.9. The summed E-state index contributed by atoms with van der Waals surface area (Å²) in [5, 5.41) is 8.78. The minimum absolute atomic E-state index is 0.00682. The SMILES string of the molecule is CC(=O)Nc1ccc2c(c1)CC(C(=O)NCCCC(=O)Nc1cccnc1)C1C3CC(CN21)Cn1c3cccc1=O. The fourth-order valence-electron chi connectivity index (χ4n) is 6.86. The zero-order valence-corrected chi connectivity index (χ0v) is 23.0. The number of aromatic nitrogens is 2. The summed E-state index contributed by atoms with van der Waals surface area (Å²) in [7, 11) is 0. The van der Waals surface area contributed by atoms with Crippen molar-refractivity contribution in [2.45, 2.75) is 51.1 Å². The number of benzene rings is 1. The molecule has 5 heterocycles. The van der Waals surface area contributed by atoms with Gasteiger partial charge in [-0.25, -0.2) is 0 Å². The van der Waals surface area contributed by atoms with Crippen molar-refractivity contribution in [1.29, 1.82) is 0 Å². The van der Waals surface area contributed by atoms with E-state index < -0.39 is 0 Å². The Hall–Kier alpha value is -4.47. The summed E-state index contributed by atoms with van der Waals surface area (Å²) in [6, 6.07) is 14.8. The minimum Gasteiger partial charge on any atom is -0.366 e. The van der Waals surface area contributed by atoms with Gasteiger partial charge in [-0.2, -0.15) is 0 Å². The number of nitrogens with one attached hydrogen (secondary N) is 3. The van der Waals surface area contributed by atoms with Crippen molar-refractivity contribution in [1.82, 2.24) is 14.9 Å². The summed E-state index contributed by atoms with van der Waals surface area (Å²) in [6.45, 7) is 3.29. The van der Waals surface area contributed by atoms with Gasteiger partial charge in [0.2, 0.25) is 17.7 Å². The number of hydrogen-bond donors (Lipinski definition) is 3. The highest BCUT2D eigenvalue weighted by molar-refractivity contribution is 5.91. The fourth-order valence-corrected chi connectivity index (χ4v) is 6.86. The molecule has 2 bridgehead atoms. The first-order valence-electron chi connectivity index (χ1n) is 14.2. The van der Waals surface area contributed by atoms with E-state index >= 15 is 0 Å². The summed E-state index contributed by atoms with van der Waals surface area (Å²) >= 11 is 0. The van der Waals surface area contributed by atoms with Crippen molar-refractivity contribution in [2.75, 3.05) is 28.6 Å². The third-order valence-electron chi connectivity index (χ3n) is 8.44. The average Bonchev–Trinajstić information content (AvgIpc) is 2.95. The molecule has 3 N–H and O–H groups in total. The molecule has 1 saturated heterocycles. The van der Waals surface area contributed by atoms with Crippen LogP contribution in [0.5, 0.6) is 0 Å². The predicted octanol–water partition coefficient (Wildman–Crippen LogP) is 2.90. The normalized spacial score (nSPS) is 22.0. The van der Waals surface area contributed by atoms with E-state index in [1.807, 2.05) is 34.9 Å². The minimum atomic E-state index is -0.355. The van der Waals surface area contributed by atoms with E-state index in [1.165, 1.54) is 6.92 Å². The average molecular weight is 555 g/mol. The predicted molar refractivity (Wildman–Crippen MR) is 156 cm³/mol. The molecule has 0 aliphatic carbocycles. The summed E-state index contributed by atoms with van der Waals surface area (Å²) in [5.74, 6) is -0.343. The van der Waals surface area contributed by atoms with Crippen LogP contribution in [0.15, 0.2) is 65.7 Å². The van der Waals surface area contributed by atoms with Gasteiger partial charge in [0.15, 0.2) is 0 Å². The number of nitrogens with zero attached hydrogens (tertiary/aromatic N) is 3. The molecule has 3 aliphatic heterocycles. The number of piperidine rings is 1. The molecule has 1 aromatic carbocycles. The molecule has 4 unspecified atom stereocenters. The van der Waals surface area contributed by atoms with Gasteiger partial charge in [-0.3, -0.25) is 24.2 Å². The van der Waals surface area contributed by atoms with Crippen LogP contribution >= 0.6 is 0 Å². The Morgan fingerprint density at radius 1 is 1.02 bits per heavy atom. The van der Waals surface area contributed by atoms with Crippen LogP contribution in [0, 0.1) is 11.8 Å². The molecular formula is C31H34N6O4. The number of fused-ring (bicyclic) bond motifs is 8. The lowest BCUT2D eigenvalue weighted by atomic mass is 9.69. The zero-order valence-electron chi connectivity index (χ0n) is 23.0. The first kappa shape index (κ1) is 26.7. The van der Waals surface area contributed by atoms with E-state index in [1.54, 1.807) is 30.6 Å². The largest absolute Gasteiger partial charge is 0.366 e. The first-order valence-corrected chi connectivity index (χ1v) is 14.2. The van der Waals surface area contributed by atoms with Crippen molar-refractivity contribution in [2.24, 2.45) is 11.8 Å². The van der Waals surface area contributed by atoms with E-state index in [9.17, 15) is 19.2 Å². The third-order valence-corrected chi connectivity index (χ3v) is 8.44. The maximum atomic E-state index is 13.8. The number of carbonyl (C=O) groups is 3. The van der Waals surface area contributed by atoms with E-state index in [4.69, 9.17) is 0 Å². The topological polar surface area (TPSA) is 125 Å². The maximum Gasteiger partial charge on any atom is 0.250 e. The molecule has 0 saturated carbocycles. The molecule has 2 aromatic heterocycles. The molecule has 212 valence electrons. The smallest absolute Gasteiger partial charge is 0.250 e. The number of rotatable bonds is 7. The molecule has 10 nitrogen and oxygen atoms in total. The van der Waals surface area contributed by atoms with Crippen LogP contribution in [0.1, 0.15) is 43.4 Å². The van der Waals surface area contributed by atoms with Gasteiger partial charge in [0, 0.05) is 74.3 Å². The van der Waals surface area contributed by atoms with Gasteiger partial charge in [-0.05, 0) is 67.1 Å². The Labute approximate surface area is 238 Å². The highest BCUT2D eigenvalue weighted by Gasteiger charge is 2.49. The van der Waals surface area contributed by atoms with Gasteiger partial charge in [0.05, 0.1) is 17.8 Å². The van der Waals surface area contributed by atoms with Crippen LogP contribution in [0.3, 0.4) is 0 Å².